The third kappa shape index (κ3) is 8.06. The topological polar surface area (TPSA) is 99.4 Å². The van der Waals surface area contributed by atoms with Gasteiger partial charge in [-0.2, -0.15) is 5.10 Å². The van der Waals surface area contributed by atoms with Crippen LogP contribution in [0.25, 0.3) is 11.3 Å². The maximum absolute atomic E-state index is 10.8. The van der Waals surface area contributed by atoms with Crippen LogP contribution in [-0.2, 0) is 13.5 Å². The second-order valence-electron chi connectivity index (χ2n) is 11.3. The summed E-state index contributed by atoms with van der Waals surface area (Å²) < 4.78 is 1.96. The van der Waals surface area contributed by atoms with Gasteiger partial charge in [-0.3, -0.25) is 4.68 Å². The van der Waals surface area contributed by atoms with Crippen LogP contribution in [-0.4, -0.2) is 80.0 Å². The smallest absolute Gasteiger partial charge is 0.407 e. The lowest BCUT2D eigenvalue weighted by Gasteiger charge is -2.35. The maximum atomic E-state index is 10.8. The second kappa shape index (κ2) is 13.6. The summed E-state index contributed by atoms with van der Waals surface area (Å²) in [6.07, 6.45) is 16.5. The number of carbonyl (C=O) groups is 1. The zero-order valence-corrected chi connectivity index (χ0v) is 24.0. The van der Waals surface area contributed by atoms with E-state index in [1.165, 1.54) is 55.5 Å². The Balaban J connectivity index is 1.19. The molecule has 0 saturated heterocycles. The van der Waals surface area contributed by atoms with Crippen LogP contribution in [0.1, 0.15) is 76.3 Å². The summed E-state index contributed by atoms with van der Waals surface area (Å²) in [5.74, 6) is 1.41. The second-order valence-corrected chi connectivity index (χ2v) is 11.7. The van der Waals surface area contributed by atoms with E-state index < -0.39 is 6.09 Å². The molecule has 2 aliphatic rings. The minimum Gasteiger partial charge on any atom is -0.465 e. The molecular formula is C28H44ClN7O2. The van der Waals surface area contributed by atoms with Crippen LogP contribution < -0.4 is 5.32 Å². The lowest BCUT2D eigenvalue weighted by Crippen LogP contribution is -2.39. The predicted molar refractivity (Wildman–Crippen MR) is 152 cm³/mol. The highest BCUT2D eigenvalue weighted by Gasteiger charge is 2.27. The first-order valence-electron chi connectivity index (χ1n) is 14.3. The molecule has 0 unspecified atom stereocenters. The fourth-order valence-electron chi connectivity index (χ4n) is 5.49. The van der Waals surface area contributed by atoms with Gasteiger partial charge in [-0.1, -0.05) is 30.9 Å². The molecule has 0 aliphatic heterocycles. The summed E-state index contributed by atoms with van der Waals surface area (Å²) in [5, 5.41) is 17.5. The third-order valence-corrected chi connectivity index (χ3v) is 8.50. The highest BCUT2D eigenvalue weighted by Crippen LogP contribution is 2.37. The molecule has 2 aliphatic carbocycles. The van der Waals surface area contributed by atoms with E-state index in [9.17, 15) is 4.79 Å². The van der Waals surface area contributed by atoms with Crippen molar-refractivity contribution in [1.29, 1.82) is 0 Å². The molecular weight excluding hydrogens is 502 g/mol. The van der Waals surface area contributed by atoms with E-state index in [0.29, 0.717) is 29.6 Å². The first-order valence-corrected chi connectivity index (χ1v) is 14.6. The molecule has 4 rings (SSSR count). The molecule has 1 amide bonds. The van der Waals surface area contributed by atoms with Crippen molar-refractivity contribution in [3.63, 3.8) is 0 Å². The van der Waals surface area contributed by atoms with Crippen LogP contribution in [0.3, 0.4) is 0 Å². The zero-order chi connectivity index (χ0) is 27.1. The van der Waals surface area contributed by atoms with E-state index in [0.717, 1.165) is 55.8 Å². The number of rotatable bonds is 14. The van der Waals surface area contributed by atoms with Crippen LogP contribution in [0, 0.1) is 5.92 Å². The Morgan fingerprint density at radius 3 is 2.42 bits per heavy atom. The Labute approximate surface area is 232 Å². The van der Waals surface area contributed by atoms with Gasteiger partial charge in [-0.05, 0) is 77.3 Å². The van der Waals surface area contributed by atoms with E-state index in [1.54, 1.807) is 13.2 Å². The highest BCUT2D eigenvalue weighted by molar-refractivity contribution is 6.32. The molecule has 9 nitrogen and oxygen atoms in total. The van der Waals surface area contributed by atoms with Gasteiger partial charge < -0.3 is 20.2 Å². The Bertz CT molecular complexity index is 1050. The Morgan fingerprint density at radius 2 is 1.74 bits per heavy atom. The fourth-order valence-corrected chi connectivity index (χ4v) is 5.68. The number of aryl methyl sites for hydroxylation is 1. The zero-order valence-electron chi connectivity index (χ0n) is 23.2. The standard InChI is InChI=1S/C28H44ClN7O2/c1-34(15-7-5-4-6-8-16-35(2)28(37)38)22-13-11-21(12-14-22)32-27-30-19-24(29)26(33-27)23-18-31-36(3)25(23)17-20-9-10-20/h18-22H,4-17H2,1-3H3,(H,37,38)(H,30,32,33)/t21-,22-. The number of anilines is 1. The molecule has 2 fully saturated rings. The molecule has 0 bridgehead atoms. The van der Waals surface area contributed by atoms with Crippen molar-refractivity contribution in [3.05, 3.63) is 23.1 Å². The molecule has 0 radical (unpaired) electrons. The molecule has 0 spiro atoms. The summed E-state index contributed by atoms with van der Waals surface area (Å²) >= 11 is 6.54. The predicted octanol–water partition coefficient (Wildman–Crippen LogP) is 5.70. The SMILES string of the molecule is CN(CCCCCCCN(C)[C@H]1CC[C@H](Nc2ncc(Cl)c(-c3cnn(C)c3CC3CC3)n2)CC1)C(=O)O. The molecule has 38 heavy (non-hydrogen) atoms. The minimum absolute atomic E-state index is 0.373. The molecule has 0 atom stereocenters. The van der Waals surface area contributed by atoms with Gasteiger partial charge in [-0.25, -0.2) is 14.8 Å². The maximum Gasteiger partial charge on any atom is 0.407 e. The van der Waals surface area contributed by atoms with Gasteiger partial charge in [0, 0.05) is 44.0 Å². The Hall–Kier alpha value is -2.39. The van der Waals surface area contributed by atoms with Gasteiger partial charge in [0.05, 0.1) is 23.1 Å². The largest absolute Gasteiger partial charge is 0.465 e. The first-order chi connectivity index (χ1) is 18.3. The van der Waals surface area contributed by atoms with Gasteiger partial charge in [0.25, 0.3) is 0 Å². The molecule has 10 heteroatoms. The molecule has 0 aromatic carbocycles. The van der Waals surface area contributed by atoms with Crippen LogP contribution in [0.15, 0.2) is 12.4 Å². The van der Waals surface area contributed by atoms with Crippen LogP contribution in [0.5, 0.6) is 0 Å². The number of nitrogens with zero attached hydrogens (tertiary/aromatic N) is 6. The summed E-state index contributed by atoms with van der Waals surface area (Å²) in [6.45, 7) is 1.75. The Morgan fingerprint density at radius 1 is 1.05 bits per heavy atom. The molecule has 2 aromatic rings. The average Bonchev–Trinajstić information content (AvgIpc) is 3.66. The Kier molecular flexibility index (Phi) is 10.2. The van der Waals surface area contributed by atoms with Crippen molar-refractivity contribution in [2.45, 2.75) is 89.1 Å². The number of hydrogen-bond acceptors (Lipinski definition) is 6. The van der Waals surface area contributed by atoms with Gasteiger partial charge in [0.1, 0.15) is 0 Å². The van der Waals surface area contributed by atoms with E-state index in [4.69, 9.17) is 21.7 Å². The van der Waals surface area contributed by atoms with Gasteiger partial charge in [0.15, 0.2) is 0 Å². The van der Waals surface area contributed by atoms with Gasteiger partial charge >= 0.3 is 6.09 Å². The third-order valence-electron chi connectivity index (χ3n) is 8.22. The summed E-state index contributed by atoms with van der Waals surface area (Å²) in [5.41, 5.74) is 3.00. The van der Waals surface area contributed by atoms with Crippen molar-refractivity contribution in [2.75, 3.05) is 32.5 Å². The van der Waals surface area contributed by atoms with E-state index >= 15 is 0 Å². The van der Waals surface area contributed by atoms with Crippen molar-refractivity contribution >= 4 is 23.6 Å². The fraction of sp³-hybridized carbons (Fsp3) is 0.714. The average molecular weight is 546 g/mol. The van der Waals surface area contributed by atoms with E-state index in [-0.39, 0.29) is 0 Å². The van der Waals surface area contributed by atoms with Crippen molar-refractivity contribution in [1.82, 2.24) is 29.5 Å². The minimum atomic E-state index is -0.843. The number of unbranched alkanes of at least 4 members (excludes halogenated alkanes) is 4. The van der Waals surface area contributed by atoms with Gasteiger partial charge in [-0.15, -0.1) is 0 Å². The highest BCUT2D eigenvalue weighted by atomic mass is 35.5. The molecule has 2 saturated carbocycles. The number of halogens is 1. The van der Waals surface area contributed by atoms with Gasteiger partial charge in [0.2, 0.25) is 5.95 Å². The molecule has 2 N–H and O–H groups in total. The molecule has 210 valence electrons. The lowest BCUT2D eigenvalue weighted by molar-refractivity contribution is 0.155. The number of aromatic nitrogens is 4. The van der Waals surface area contributed by atoms with E-state index in [1.807, 2.05) is 17.9 Å². The summed E-state index contributed by atoms with van der Waals surface area (Å²) in [7, 11) is 5.88. The monoisotopic (exact) mass is 545 g/mol. The summed E-state index contributed by atoms with van der Waals surface area (Å²) in [6, 6.07) is 0.997. The first kappa shape index (κ1) is 28.6. The summed E-state index contributed by atoms with van der Waals surface area (Å²) in [4.78, 5) is 24.0. The van der Waals surface area contributed by atoms with Crippen molar-refractivity contribution < 1.29 is 9.90 Å². The van der Waals surface area contributed by atoms with Crippen molar-refractivity contribution in [3.8, 4) is 11.3 Å². The number of hydrogen-bond donors (Lipinski definition) is 2. The van der Waals surface area contributed by atoms with Crippen molar-refractivity contribution in [2.24, 2.45) is 13.0 Å². The normalized spacial score (nSPS) is 19.6. The molecule has 2 aromatic heterocycles. The quantitative estimate of drug-likeness (QED) is 0.294. The van der Waals surface area contributed by atoms with Crippen LogP contribution in [0.2, 0.25) is 5.02 Å². The lowest BCUT2D eigenvalue weighted by atomic mass is 9.90. The number of amides is 1. The van der Waals surface area contributed by atoms with Crippen LogP contribution >= 0.6 is 11.6 Å². The number of nitrogens with one attached hydrogen (secondary N) is 1. The molecule has 2 heterocycles. The number of carboxylic acid groups (broad SMARTS) is 1. The van der Waals surface area contributed by atoms with Crippen LogP contribution in [0.4, 0.5) is 10.7 Å². The van der Waals surface area contributed by atoms with E-state index in [2.05, 4.69) is 27.3 Å².